The molecule has 4 aromatic heterocycles. The Morgan fingerprint density at radius 1 is 0.353 bits per heavy atom. The molecule has 0 aliphatic heterocycles. The Hall–Kier alpha value is -6.21. The molecule has 0 radical (unpaired) electrons. The third-order valence-corrected chi connectivity index (χ3v) is 12.0. The van der Waals surface area contributed by atoms with Gasteiger partial charge in [-0.15, -0.1) is 22.7 Å². The number of aromatic nitrogens is 3. The summed E-state index contributed by atoms with van der Waals surface area (Å²) in [5, 5.41) is 7.14. The molecule has 238 valence electrons. The zero-order valence-corrected chi connectivity index (χ0v) is 28.6. The first-order chi connectivity index (χ1) is 25.2. The lowest BCUT2D eigenvalue weighted by Crippen LogP contribution is -2.00. The quantitative estimate of drug-likeness (QED) is 0.185. The molecule has 0 aliphatic rings. The minimum absolute atomic E-state index is 0.610. The van der Waals surface area contributed by atoms with Crippen LogP contribution in [0, 0.1) is 0 Å². The Balaban J connectivity index is 1.14. The Morgan fingerprint density at radius 2 is 0.863 bits per heavy atom. The molecule has 11 rings (SSSR count). The van der Waals surface area contributed by atoms with Gasteiger partial charge in [0.2, 0.25) is 0 Å². The van der Waals surface area contributed by atoms with Gasteiger partial charge in [0.05, 0.1) is 0 Å². The summed E-state index contributed by atoms with van der Waals surface area (Å²) >= 11 is 3.63. The Labute approximate surface area is 299 Å². The molecule has 11 aromatic rings. The second-order valence-electron chi connectivity index (χ2n) is 12.8. The van der Waals surface area contributed by atoms with Crippen molar-refractivity contribution in [1.29, 1.82) is 0 Å². The molecule has 0 unspecified atom stereocenters. The van der Waals surface area contributed by atoms with E-state index in [4.69, 9.17) is 19.4 Å². The SMILES string of the molecule is c1ccc(-c2nc(-c3ccc4c(c3)sc3ccccc34)nc(-c3cccc4oc5cccc(-c6ccc7c(c6)sc6ccccc67)c5c34)n2)cc1. The van der Waals surface area contributed by atoms with E-state index in [1.54, 1.807) is 11.3 Å². The predicted octanol–water partition coefficient (Wildman–Crippen LogP) is 13.2. The number of rotatable bonds is 4. The predicted molar refractivity (Wildman–Crippen MR) is 215 cm³/mol. The molecule has 0 saturated carbocycles. The van der Waals surface area contributed by atoms with Crippen LogP contribution in [0.15, 0.2) is 156 Å². The number of furan rings is 1. The van der Waals surface area contributed by atoms with E-state index in [2.05, 4.69) is 109 Å². The maximum absolute atomic E-state index is 6.55. The number of hydrogen-bond acceptors (Lipinski definition) is 6. The van der Waals surface area contributed by atoms with Crippen LogP contribution in [0.1, 0.15) is 0 Å². The van der Waals surface area contributed by atoms with Gasteiger partial charge in [-0.25, -0.2) is 15.0 Å². The third-order valence-electron chi connectivity index (χ3n) is 9.76. The number of nitrogens with zero attached hydrogens (tertiary/aromatic N) is 3. The second-order valence-corrected chi connectivity index (χ2v) is 14.9. The van der Waals surface area contributed by atoms with Crippen molar-refractivity contribution in [2.24, 2.45) is 0 Å². The highest BCUT2D eigenvalue weighted by Crippen LogP contribution is 2.43. The van der Waals surface area contributed by atoms with Crippen LogP contribution < -0.4 is 0 Å². The van der Waals surface area contributed by atoms with Crippen LogP contribution >= 0.6 is 22.7 Å². The van der Waals surface area contributed by atoms with Crippen molar-refractivity contribution < 1.29 is 4.42 Å². The molecule has 0 saturated heterocycles. The van der Waals surface area contributed by atoms with Crippen molar-refractivity contribution in [3.05, 3.63) is 152 Å². The normalized spacial score (nSPS) is 11.9. The second kappa shape index (κ2) is 11.2. The summed E-state index contributed by atoms with van der Waals surface area (Å²) in [6.07, 6.45) is 0. The van der Waals surface area contributed by atoms with E-state index < -0.39 is 0 Å². The van der Waals surface area contributed by atoms with Crippen LogP contribution in [-0.2, 0) is 0 Å². The fourth-order valence-corrected chi connectivity index (χ4v) is 9.68. The van der Waals surface area contributed by atoms with E-state index in [9.17, 15) is 0 Å². The highest BCUT2D eigenvalue weighted by atomic mass is 32.1. The Morgan fingerprint density at radius 3 is 1.55 bits per heavy atom. The van der Waals surface area contributed by atoms with Crippen molar-refractivity contribution in [2.75, 3.05) is 0 Å². The lowest BCUT2D eigenvalue weighted by molar-refractivity contribution is 0.669. The zero-order valence-electron chi connectivity index (χ0n) is 27.0. The third kappa shape index (κ3) is 4.54. The molecule has 0 atom stereocenters. The smallest absolute Gasteiger partial charge is 0.164 e. The van der Waals surface area contributed by atoms with Crippen molar-refractivity contribution in [3.63, 3.8) is 0 Å². The lowest BCUT2D eigenvalue weighted by atomic mass is 9.96. The molecule has 0 N–H and O–H groups in total. The van der Waals surface area contributed by atoms with E-state index in [0.29, 0.717) is 17.5 Å². The Bertz CT molecular complexity index is 3160. The van der Waals surface area contributed by atoms with Crippen LogP contribution in [0.4, 0.5) is 0 Å². The first-order valence-corrected chi connectivity index (χ1v) is 18.5. The van der Waals surface area contributed by atoms with Crippen molar-refractivity contribution in [3.8, 4) is 45.3 Å². The van der Waals surface area contributed by atoms with Gasteiger partial charge in [-0.2, -0.15) is 0 Å². The number of benzene rings is 7. The van der Waals surface area contributed by atoms with Gasteiger partial charge in [0.25, 0.3) is 0 Å². The van der Waals surface area contributed by atoms with Crippen LogP contribution in [0.5, 0.6) is 0 Å². The van der Waals surface area contributed by atoms with Crippen LogP contribution in [0.3, 0.4) is 0 Å². The molecule has 51 heavy (non-hydrogen) atoms. The number of thiophene rings is 2. The van der Waals surface area contributed by atoms with E-state index in [0.717, 1.165) is 49.8 Å². The van der Waals surface area contributed by atoms with E-state index >= 15 is 0 Å². The molecule has 0 bridgehead atoms. The van der Waals surface area contributed by atoms with Gasteiger partial charge in [-0.1, -0.05) is 115 Å². The van der Waals surface area contributed by atoms with E-state index in [1.807, 2.05) is 53.8 Å². The molecule has 4 nitrogen and oxygen atoms in total. The fraction of sp³-hybridized carbons (Fsp3) is 0. The van der Waals surface area contributed by atoms with E-state index in [-0.39, 0.29) is 0 Å². The zero-order chi connectivity index (χ0) is 33.5. The van der Waals surface area contributed by atoms with Gasteiger partial charge in [-0.3, -0.25) is 0 Å². The summed E-state index contributed by atoms with van der Waals surface area (Å²) in [5.74, 6) is 1.88. The summed E-state index contributed by atoms with van der Waals surface area (Å²) in [6.45, 7) is 0. The average molecular weight is 688 g/mol. The molecule has 0 spiro atoms. The number of hydrogen-bond donors (Lipinski definition) is 0. The summed E-state index contributed by atoms with van der Waals surface area (Å²) in [4.78, 5) is 15.4. The van der Waals surface area contributed by atoms with E-state index in [1.165, 1.54) is 40.3 Å². The molecule has 0 aliphatic carbocycles. The summed E-state index contributed by atoms with van der Waals surface area (Å²) < 4.78 is 11.6. The lowest BCUT2D eigenvalue weighted by Gasteiger charge is -2.10. The molecular formula is C45H25N3OS2. The van der Waals surface area contributed by atoms with Crippen molar-refractivity contribution in [1.82, 2.24) is 15.0 Å². The van der Waals surface area contributed by atoms with Crippen LogP contribution in [0.2, 0.25) is 0 Å². The minimum Gasteiger partial charge on any atom is -0.456 e. The molecule has 7 aromatic carbocycles. The first kappa shape index (κ1) is 28.6. The van der Waals surface area contributed by atoms with Gasteiger partial charge in [0, 0.05) is 67.8 Å². The topological polar surface area (TPSA) is 51.8 Å². The highest BCUT2D eigenvalue weighted by Gasteiger charge is 2.21. The summed E-state index contributed by atoms with van der Waals surface area (Å²) in [6, 6.07) is 53.2. The van der Waals surface area contributed by atoms with Gasteiger partial charge in [0.1, 0.15) is 11.2 Å². The maximum atomic E-state index is 6.55. The molecule has 4 heterocycles. The van der Waals surface area contributed by atoms with Crippen molar-refractivity contribution >= 4 is 85.0 Å². The highest BCUT2D eigenvalue weighted by molar-refractivity contribution is 7.26. The average Bonchev–Trinajstić information content (AvgIpc) is 3.88. The maximum Gasteiger partial charge on any atom is 0.164 e. The van der Waals surface area contributed by atoms with Gasteiger partial charge in [0.15, 0.2) is 17.5 Å². The van der Waals surface area contributed by atoms with Crippen molar-refractivity contribution in [2.45, 2.75) is 0 Å². The molecular weight excluding hydrogens is 663 g/mol. The van der Waals surface area contributed by atoms with Crippen LogP contribution in [-0.4, -0.2) is 15.0 Å². The van der Waals surface area contributed by atoms with Crippen LogP contribution in [0.25, 0.3) is 108 Å². The largest absolute Gasteiger partial charge is 0.456 e. The molecule has 0 fully saturated rings. The van der Waals surface area contributed by atoms with Gasteiger partial charge < -0.3 is 4.42 Å². The first-order valence-electron chi connectivity index (χ1n) is 16.8. The molecule has 6 heteroatoms. The summed E-state index contributed by atoms with van der Waals surface area (Å²) in [5.41, 5.74) is 6.70. The number of fused-ring (bicyclic) bond motifs is 9. The standard InChI is InChI=1S/C45H25N3OS2/c1-2-10-26(11-3-1)43-46-44(28-21-23-33-31-13-5-7-19-38(31)51-40(33)25-28)48-45(47-43)34-15-9-17-36-42(34)41-29(14-8-16-35(41)49-36)27-20-22-32-30-12-4-6-18-37(30)50-39(32)24-27/h1-25H. The monoisotopic (exact) mass is 687 g/mol. The van der Waals surface area contributed by atoms with Gasteiger partial charge in [-0.05, 0) is 47.5 Å². The fourth-order valence-electron chi connectivity index (χ4n) is 7.39. The minimum atomic E-state index is 0.610. The summed E-state index contributed by atoms with van der Waals surface area (Å²) in [7, 11) is 0. The Kier molecular flexibility index (Phi) is 6.26. The molecule has 0 amide bonds. The van der Waals surface area contributed by atoms with Gasteiger partial charge >= 0.3 is 0 Å².